The third-order valence-electron chi connectivity index (χ3n) is 3.35. The van der Waals surface area contributed by atoms with E-state index in [1.165, 1.54) is 6.07 Å². The van der Waals surface area contributed by atoms with E-state index in [1.807, 2.05) is 0 Å². The third-order valence-corrected chi connectivity index (χ3v) is 3.35. The monoisotopic (exact) mass is 281 g/mol. The molecule has 1 fully saturated rings. The van der Waals surface area contributed by atoms with Gasteiger partial charge in [-0.25, -0.2) is 0 Å². The van der Waals surface area contributed by atoms with Gasteiger partial charge in [0.05, 0.1) is 12.7 Å². The van der Waals surface area contributed by atoms with E-state index in [9.17, 15) is 10.2 Å². The van der Waals surface area contributed by atoms with Crippen molar-refractivity contribution in [2.75, 3.05) is 26.4 Å². The SMILES string of the molecule is Oc1ccc(CNCCCOCC2CCCO2)c(O)c1. The van der Waals surface area contributed by atoms with Crippen molar-refractivity contribution in [1.82, 2.24) is 5.32 Å². The van der Waals surface area contributed by atoms with E-state index in [-0.39, 0.29) is 17.6 Å². The summed E-state index contributed by atoms with van der Waals surface area (Å²) in [6.07, 6.45) is 3.47. The number of rotatable bonds is 8. The molecule has 0 aromatic heterocycles. The Hall–Kier alpha value is -1.30. The summed E-state index contributed by atoms with van der Waals surface area (Å²) in [5.74, 6) is 0.195. The number of phenols is 2. The molecule has 2 rings (SSSR count). The van der Waals surface area contributed by atoms with Crippen molar-refractivity contribution >= 4 is 0 Å². The number of hydrogen-bond acceptors (Lipinski definition) is 5. The molecule has 0 bridgehead atoms. The Balaban J connectivity index is 1.50. The molecule has 1 aliphatic heterocycles. The van der Waals surface area contributed by atoms with Crippen molar-refractivity contribution in [2.45, 2.75) is 31.9 Å². The van der Waals surface area contributed by atoms with Gasteiger partial charge in [-0.2, -0.15) is 0 Å². The standard InChI is InChI=1S/C15H23NO4/c17-13-5-4-12(15(18)9-13)10-16-6-2-7-19-11-14-3-1-8-20-14/h4-5,9,14,16-18H,1-3,6-8,10-11H2. The summed E-state index contributed by atoms with van der Waals surface area (Å²) in [6, 6.07) is 4.63. The number of phenolic OH excluding ortho intramolecular Hbond substituents is 2. The Bertz CT molecular complexity index is 405. The first-order valence-corrected chi connectivity index (χ1v) is 7.16. The summed E-state index contributed by atoms with van der Waals surface area (Å²) >= 11 is 0. The number of benzene rings is 1. The summed E-state index contributed by atoms with van der Waals surface area (Å²) < 4.78 is 11.0. The van der Waals surface area contributed by atoms with Crippen molar-refractivity contribution in [3.05, 3.63) is 23.8 Å². The second-order valence-corrected chi connectivity index (χ2v) is 5.05. The quantitative estimate of drug-likeness (QED) is 0.634. The van der Waals surface area contributed by atoms with Crippen LogP contribution in [0.25, 0.3) is 0 Å². The smallest absolute Gasteiger partial charge is 0.123 e. The Kier molecular flexibility index (Phi) is 6.11. The van der Waals surface area contributed by atoms with E-state index in [1.54, 1.807) is 12.1 Å². The fourth-order valence-electron chi connectivity index (χ4n) is 2.21. The molecule has 0 spiro atoms. The van der Waals surface area contributed by atoms with E-state index in [0.29, 0.717) is 19.8 Å². The maximum atomic E-state index is 9.61. The predicted octanol–water partition coefficient (Wildman–Crippen LogP) is 1.77. The molecule has 1 saturated heterocycles. The van der Waals surface area contributed by atoms with Crippen LogP contribution < -0.4 is 5.32 Å². The highest BCUT2D eigenvalue weighted by atomic mass is 16.5. The normalized spacial score (nSPS) is 18.5. The average molecular weight is 281 g/mol. The minimum Gasteiger partial charge on any atom is -0.508 e. The Morgan fingerprint density at radius 3 is 3.00 bits per heavy atom. The van der Waals surface area contributed by atoms with Gasteiger partial charge in [0, 0.05) is 31.4 Å². The van der Waals surface area contributed by atoms with E-state index in [0.717, 1.165) is 38.0 Å². The fourth-order valence-corrected chi connectivity index (χ4v) is 2.21. The molecule has 1 heterocycles. The number of nitrogens with one attached hydrogen (secondary N) is 1. The van der Waals surface area contributed by atoms with Crippen LogP contribution in [-0.2, 0) is 16.0 Å². The first-order valence-electron chi connectivity index (χ1n) is 7.16. The highest BCUT2D eigenvalue weighted by Gasteiger charge is 2.14. The molecule has 1 atom stereocenters. The number of hydrogen-bond donors (Lipinski definition) is 3. The van der Waals surface area contributed by atoms with Gasteiger partial charge in [0.1, 0.15) is 11.5 Å². The van der Waals surface area contributed by atoms with Gasteiger partial charge >= 0.3 is 0 Å². The van der Waals surface area contributed by atoms with Gasteiger partial charge in [-0.1, -0.05) is 6.07 Å². The highest BCUT2D eigenvalue weighted by molar-refractivity contribution is 5.38. The Labute approximate surface area is 119 Å². The molecule has 0 radical (unpaired) electrons. The van der Waals surface area contributed by atoms with Crippen molar-refractivity contribution in [3.63, 3.8) is 0 Å². The van der Waals surface area contributed by atoms with Gasteiger partial charge < -0.3 is 25.0 Å². The van der Waals surface area contributed by atoms with Crippen LogP contribution in [0.1, 0.15) is 24.8 Å². The minimum atomic E-state index is 0.0776. The largest absolute Gasteiger partial charge is 0.508 e. The molecule has 5 heteroatoms. The molecule has 1 unspecified atom stereocenters. The van der Waals surface area contributed by atoms with Crippen molar-refractivity contribution in [3.8, 4) is 11.5 Å². The lowest BCUT2D eigenvalue weighted by atomic mass is 10.2. The van der Waals surface area contributed by atoms with Gasteiger partial charge in [-0.05, 0) is 31.9 Å². The van der Waals surface area contributed by atoms with Crippen LogP contribution in [0.3, 0.4) is 0 Å². The average Bonchev–Trinajstić information content (AvgIpc) is 2.93. The molecule has 3 N–H and O–H groups in total. The molecule has 1 aromatic rings. The van der Waals surface area contributed by atoms with Crippen LogP contribution in [0, 0.1) is 0 Å². The fraction of sp³-hybridized carbons (Fsp3) is 0.600. The molecular weight excluding hydrogens is 258 g/mol. The first-order chi connectivity index (χ1) is 9.75. The van der Waals surface area contributed by atoms with Gasteiger partial charge in [0.2, 0.25) is 0 Å². The zero-order chi connectivity index (χ0) is 14.2. The van der Waals surface area contributed by atoms with Gasteiger partial charge in [-0.15, -0.1) is 0 Å². The highest BCUT2D eigenvalue weighted by Crippen LogP contribution is 2.22. The molecule has 112 valence electrons. The van der Waals surface area contributed by atoms with Gasteiger partial charge in [0.25, 0.3) is 0 Å². The maximum Gasteiger partial charge on any atom is 0.123 e. The first kappa shape index (κ1) is 15.1. The third kappa shape index (κ3) is 5.00. The predicted molar refractivity (Wildman–Crippen MR) is 75.9 cm³/mol. The number of ether oxygens (including phenoxy) is 2. The molecule has 5 nitrogen and oxygen atoms in total. The van der Waals surface area contributed by atoms with E-state index >= 15 is 0 Å². The van der Waals surface area contributed by atoms with E-state index < -0.39 is 0 Å². The Morgan fingerprint density at radius 1 is 1.35 bits per heavy atom. The zero-order valence-electron chi connectivity index (χ0n) is 11.7. The van der Waals surface area contributed by atoms with Crippen molar-refractivity contribution in [1.29, 1.82) is 0 Å². The molecular formula is C15H23NO4. The molecule has 0 aliphatic carbocycles. The topological polar surface area (TPSA) is 71.0 Å². The van der Waals surface area contributed by atoms with Gasteiger partial charge in [-0.3, -0.25) is 0 Å². The molecule has 0 saturated carbocycles. The number of aromatic hydroxyl groups is 2. The zero-order valence-corrected chi connectivity index (χ0v) is 11.7. The van der Waals surface area contributed by atoms with Crippen LogP contribution in [0.5, 0.6) is 11.5 Å². The summed E-state index contributed by atoms with van der Waals surface area (Å²) in [4.78, 5) is 0. The lowest BCUT2D eigenvalue weighted by Crippen LogP contribution is -2.19. The van der Waals surface area contributed by atoms with Crippen LogP contribution in [0.2, 0.25) is 0 Å². The van der Waals surface area contributed by atoms with Crippen LogP contribution >= 0.6 is 0 Å². The summed E-state index contributed by atoms with van der Waals surface area (Å²) in [6.45, 7) is 3.68. The summed E-state index contributed by atoms with van der Waals surface area (Å²) in [7, 11) is 0. The van der Waals surface area contributed by atoms with E-state index in [4.69, 9.17) is 9.47 Å². The minimum absolute atomic E-state index is 0.0776. The lowest BCUT2D eigenvalue weighted by molar-refractivity contribution is 0.0166. The summed E-state index contributed by atoms with van der Waals surface area (Å²) in [5.41, 5.74) is 0.781. The van der Waals surface area contributed by atoms with Crippen LogP contribution in [0.4, 0.5) is 0 Å². The van der Waals surface area contributed by atoms with Crippen molar-refractivity contribution < 1.29 is 19.7 Å². The van der Waals surface area contributed by atoms with Crippen molar-refractivity contribution in [2.24, 2.45) is 0 Å². The second kappa shape index (κ2) is 8.09. The van der Waals surface area contributed by atoms with Crippen LogP contribution in [-0.4, -0.2) is 42.7 Å². The lowest BCUT2D eigenvalue weighted by Gasteiger charge is -2.10. The molecule has 0 amide bonds. The Morgan fingerprint density at radius 2 is 2.25 bits per heavy atom. The maximum absolute atomic E-state index is 9.61. The molecule has 1 aromatic carbocycles. The van der Waals surface area contributed by atoms with Crippen LogP contribution in [0.15, 0.2) is 18.2 Å². The molecule has 1 aliphatic rings. The second-order valence-electron chi connectivity index (χ2n) is 5.05. The summed E-state index contributed by atoms with van der Waals surface area (Å²) in [5, 5.41) is 22.0. The van der Waals surface area contributed by atoms with Gasteiger partial charge in [0.15, 0.2) is 0 Å². The van der Waals surface area contributed by atoms with E-state index in [2.05, 4.69) is 5.32 Å². The molecule has 20 heavy (non-hydrogen) atoms.